The average molecular weight is 407 g/mol. The first-order valence-corrected chi connectivity index (χ1v) is 9.38. The van der Waals surface area contributed by atoms with Crippen LogP contribution in [-0.2, 0) is 17.8 Å². The minimum absolute atomic E-state index is 0.0160. The number of carbonyl (C=O) groups is 1. The van der Waals surface area contributed by atoms with Gasteiger partial charge in [0.2, 0.25) is 0 Å². The van der Waals surface area contributed by atoms with Gasteiger partial charge in [-0.05, 0) is 30.7 Å². The molecule has 1 aromatic carbocycles. The number of rotatable bonds is 5. The molecule has 29 heavy (non-hydrogen) atoms. The van der Waals surface area contributed by atoms with Gasteiger partial charge < -0.3 is 19.3 Å². The number of halogens is 2. The molecule has 9 heteroatoms. The summed E-state index contributed by atoms with van der Waals surface area (Å²) in [7, 11) is 0. The molecule has 1 saturated heterocycles. The van der Waals surface area contributed by atoms with Crippen LogP contribution in [0.15, 0.2) is 35.3 Å². The Kier molecular flexibility index (Phi) is 6.48. The first-order chi connectivity index (χ1) is 13.9. The Bertz CT molecular complexity index is 940. The van der Waals surface area contributed by atoms with Crippen LogP contribution in [0.3, 0.4) is 0 Å². The van der Waals surface area contributed by atoms with Crippen molar-refractivity contribution in [2.45, 2.75) is 20.0 Å². The van der Waals surface area contributed by atoms with Crippen molar-refractivity contribution < 1.29 is 23.4 Å². The monoisotopic (exact) mass is 407 g/mol. The Hall–Kier alpha value is -2.94. The summed E-state index contributed by atoms with van der Waals surface area (Å²) in [6, 6.07) is 5.04. The van der Waals surface area contributed by atoms with E-state index in [9.17, 15) is 23.5 Å². The van der Waals surface area contributed by atoms with Gasteiger partial charge in [0.15, 0.2) is 17.4 Å². The Morgan fingerprint density at radius 2 is 1.83 bits per heavy atom. The molecule has 0 bridgehead atoms. The zero-order valence-electron chi connectivity index (χ0n) is 16.1. The van der Waals surface area contributed by atoms with Crippen LogP contribution in [0.25, 0.3) is 0 Å². The van der Waals surface area contributed by atoms with Crippen LogP contribution >= 0.6 is 0 Å². The van der Waals surface area contributed by atoms with E-state index in [1.54, 1.807) is 17.9 Å². The zero-order chi connectivity index (χ0) is 21.0. The lowest BCUT2D eigenvalue weighted by molar-refractivity contribution is 0.0776. The first kappa shape index (κ1) is 20.8. The zero-order valence-corrected chi connectivity index (χ0v) is 16.1. The highest BCUT2D eigenvalue weighted by atomic mass is 19.2. The van der Waals surface area contributed by atoms with Gasteiger partial charge in [-0.3, -0.25) is 9.69 Å². The van der Waals surface area contributed by atoms with Crippen LogP contribution in [0.5, 0.6) is 5.75 Å². The number of aromatic hydroxyl groups is 1. The summed E-state index contributed by atoms with van der Waals surface area (Å²) >= 11 is 0. The Balaban J connectivity index is 1.65. The van der Waals surface area contributed by atoms with E-state index >= 15 is 0 Å². The Morgan fingerprint density at radius 1 is 1.10 bits per heavy atom. The van der Waals surface area contributed by atoms with Crippen LogP contribution in [0, 0.1) is 11.6 Å². The highest BCUT2D eigenvalue weighted by molar-refractivity contribution is 5.67. The summed E-state index contributed by atoms with van der Waals surface area (Å²) in [5.74, 6) is -2.32. The maximum Gasteiger partial charge on any atom is 0.409 e. The van der Waals surface area contributed by atoms with Crippen molar-refractivity contribution in [1.82, 2.24) is 14.4 Å². The van der Waals surface area contributed by atoms with Gasteiger partial charge in [-0.2, -0.15) is 0 Å². The molecule has 0 saturated carbocycles. The van der Waals surface area contributed by atoms with Gasteiger partial charge in [-0.1, -0.05) is 6.07 Å². The van der Waals surface area contributed by atoms with E-state index < -0.39 is 17.2 Å². The number of hydrogen-bond acceptors (Lipinski definition) is 5. The molecule has 1 amide bonds. The predicted octanol–water partition coefficient (Wildman–Crippen LogP) is 2.15. The number of pyridine rings is 1. The summed E-state index contributed by atoms with van der Waals surface area (Å²) in [6.07, 6.45) is 1.18. The first-order valence-electron chi connectivity index (χ1n) is 9.38. The fraction of sp³-hybridized carbons (Fsp3) is 0.400. The molecular formula is C20H23F2N3O4. The molecule has 1 aromatic heterocycles. The molecule has 2 heterocycles. The molecule has 0 aliphatic carbocycles. The quantitative estimate of drug-likeness (QED) is 0.822. The normalized spacial score (nSPS) is 14.8. The number of ether oxygens (including phenoxy) is 1. The van der Waals surface area contributed by atoms with Crippen LogP contribution in [0.1, 0.15) is 18.1 Å². The highest BCUT2D eigenvalue weighted by Crippen LogP contribution is 2.17. The average Bonchev–Trinajstić information content (AvgIpc) is 2.71. The molecule has 2 aromatic rings. The molecule has 7 nitrogen and oxygen atoms in total. The van der Waals surface area contributed by atoms with Crippen molar-refractivity contribution in [2.24, 2.45) is 0 Å². The molecule has 1 fully saturated rings. The summed E-state index contributed by atoms with van der Waals surface area (Å²) in [6.45, 7) is 4.66. The number of hydrogen-bond donors (Lipinski definition) is 1. The Labute approximate surface area is 166 Å². The van der Waals surface area contributed by atoms with E-state index in [1.165, 1.54) is 16.8 Å². The van der Waals surface area contributed by atoms with E-state index in [2.05, 4.69) is 0 Å². The number of carbonyl (C=O) groups excluding carboxylic acids is 1. The fourth-order valence-corrected chi connectivity index (χ4v) is 3.23. The van der Waals surface area contributed by atoms with Crippen molar-refractivity contribution in [1.29, 1.82) is 0 Å². The van der Waals surface area contributed by atoms with E-state index in [4.69, 9.17) is 4.74 Å². The van der Waals surface area contributed by atoms with Crippen LogP contribution in [0.2, 0.25) is 0 Å². The minimum atomic E-state index is -0.988. The van der Waals surface area contributed by atoms with Gasteiger partial charge in [-0.25, -0.2) is 13.6 Å². The third kappa shape index (κ3) is 4.92. The molecule has 1 aliphatic rings. The van der Waals surface area contributed by atoms with Gasteiger partial charge in [0.25, 0.3) is 5.56 Å². The second kappa shape index (κ2) is 9.04. The molecule has 0 unspecified atom stereocenters. The van der Waals surface area contributed by atoms with Gasteiger partial charge in [0.05, 0.1) is 13.2 Å². The van der Waals surface area contributed by atoms with E-state index in [0.717, 1.165) is 12.1 Å². The second-order valence-corrected chi connectivity index (χ2v) is 6.83. The highest BCUT2D eigenvalue weighted by Gasteiger charge is 2.23. The van der Waals surface area contributed by atoms with E-state index in [0.29, 0.717) is 50.5 Å². The predicted molar refractivity (Wildman–Crippen MR) is 102 cm³/mol. The van der Waals surface area contributed by atoms with Crippen LogP contribution in [0.4, 0.5) is 13.6 Å². The minimum Gasteiger partial charge on any atom is -0.503 e. The van der Waals surface area contributed by atoms with Crippen molar-refractivity contribution in [3.63, 3.8) is 0 Å². The van der Waals surface area contributed by atoms with Gasteiger partial charge in [0.1, 0.15) is 0 Å². The SMILES string of the molecule is CCOC(=O)N1CCN(Cc2ccn(Cc3ccc(F)c(F)c3)c(=O)c2O)CC1. The molecule has 3 rings (SSSR count). The van der Waals surface area contributed by atoms with Gasteiger partial charge in [0, 0.05) is 44.5 Å². The summed E-state index contributed by atoms with van der Waals surface area (Å²) in [5.41, 5.74) is 0.284. The van der Waals surface area contributed by atoms with Crippen molar-refractivity contribution >= 4 is 6.09 Å². The molecule has 0 radical (unpaired) electrons. The summed E-state index contributed by atoms with van der Waals surface area (Å²) in [4.78, 5) is 27.9. The van der Waals surface area contributed by atoms with Crippen molar-refractivity contribution in [3.8, 4) is 5.75 Å². The van der Waals surface area contributed by atoms with Crippen molar-refractivity contribution in [2.75, 3.05) is 32.8 Å². The fourth-order valence-electron chi connectivity index (χ4n) is 3.23. The maximum atomic E-state index is 13.4. The largest absolute Gasteiger partial charge is 0.503 e. The maximum absolute atomic E-state index is 13.4. The smallest absolute Gasteiger partial charge is 0.409 e. The molecule has 0 spiro atoms. The number of amides is 1. The van der Waals surface area contributed by atoms with Crippen molar-refractivity contribution in [3.05, 3.63) is 63.6 Å². The summed E-state index contributed by atoms with van der Waals surface area (Å²) in [5, 5.41) is 10.3. The van der Waals surface area contributed by atoms with Crippen LogP contribution in [-0.4, -0.2) is 58.4 Å². The molecule has 1 N–H and O–H groups in total. The summed E-state index contributed by atoms with van der Waals surface area (Å²) < 4.78 is 32.6. The molecular weight excluding hydrogens is 384 g/mol. The third-order valence-electron chi connectivity index (χ3n) is 4.85. The van der Waals surface area contributed by atoms with E-state index in [-0.39, 0.29) is 18.4 Å². The van der Waals surface area contributed by atoms with Gasteiger partial charge >= 0.3 is 6.09 Å². The van der Waals surface area contributed by atoms with Crippen LogP contribution < -0.4 is 5.56 Å². The number of piperazine rings is 1. The molecule has 0 atom stereocenters. The topological polar surface area (TPSA) is 75.0 Å². The number of benzene rings is 1. The molecule has 156 valence electrons. The third-order valence-corrected chi connectivity index (χ3v) is 4.85. The lowest BCUT2D eigenvalue weighted by Gasteiger charge is -2.34. The van der Waals surface area contributed by atoms with Gasteiger partial charge in [-0.15, -0.1) is 0 Å². The number of aromatic nitrogens is 1. The lowest BCUT2D eigenvalue weighted by atomic mass is 10.2. The standard InChI is InChI=1S/C20H23F2N3O4/c1-2-29-20(28)24-9-7-23(8-10-24)13-15-5-6-25(19(27)18(15)26)12-14-3-4-16(21)17(22)11-14/h3-6,11,26H,2,7-10,12-13H2,1H3. The Morgan fingerprint density at radius 3 is 2.48 bits per heavy atom. The number of nitrogens with zero attached hydrogens (tertiary/aromatic N) is 3. The van der Waals surface area contributed by atoms with E-state index in [1.807, 2.05) is 4.90 Å². The second-order valence-electron chi connectivity index (χ2n) is 6.83. The molecule has 1 aliphatic heterocycles. The lowest BCUT2D eigenvalue weighted by Crippen LogP contribution is -2.48.